The van der Waals surface area contributed by atoms with Crippen molar-refractivity contribution in [1.82, 2.24) is 4.90 Å². The Labute approximate surface area is 143 Å². The average Bonchev–Trinajstić information content (AvgIpc) is 3.23. The summed E-state index contributed by atoms with van der Waals surface area (Å²) in [4.78, 5) is 13.9. The number of carbonyl (C=O) groups is 1. The summed E-state index contributed by atoms with van der Waals surface area (Å²) in [5, 5.41) is 0. The van der Waals surface area contributed by atoms with Crippen molar-refractivity contribution in [3.05, 3.63) is 23.8 Å². The first-order chi connectivity index (χ1) is 11.6. The predicted molar refractivity (Wildman–Crippen MR) is 91.5 cm³/mol. The molecule has 0 spiro atoms. The lowest BCUT2D eigenvalue weighted by molar-refractivity contribution is 0.115. The molecular formula is C19H27NO4. The third-order valence-corrected chi connectivity index (χ3v) is 5.23. The lowest BCUT2D eigenvalue weighted by Gasteiger charge is -2.27. The molecule has 1 aromatic carbocycles. The van der Waals surface area contributed by atoms with Gasteiger partial charge in [0.1, 0.15) is 0 Å². The number of benzene rings is 1. The summed E-state index contributed by atoms with van der Waals surface area (Å²) in [6.07, 6.45) is 5.63. The number of hydrogen-bond donors (Lipinski definition) is 0. The third kappa shape index (κ3) is 3.30. The van der Waals surface area contributed by atoms with Crippen molar-refractivity contribution in [2.45, 2.75) is 51.2 Å². The van der Waals surface area contributed by atoms with Gasteiger partial charge in [0.05, 0.1) is 26.4 Å². The van der Waals surface area contributed by atoms with Gasteiger partial charge in [-0.2, -0.15) is 0 Å². The molecule has 132 valence electrons. The summed E-state index contributed by atoms with van der Waals surface area (Å²) >= 11 is 0. The molecule has 0 N–H and O–H groups in total. The number of hydrogen-bond acceptors (Lipinski definition) is 4. The maximum Gasteiger partial charge on any atom is 0.410 e. The monoisotopic (exact) mass is 333 g/mol. The fourth-order valence-electron chi connectivity index (χ4n) is 3.93. The van der Waals surface area contributed by atoms with Crippen LogP contribution in [-0.4, -0.2) is 37.9 Å². The van der Waals surface area contributed by atoms with E-state index in [0.717, 1.165) is 42.9 Å². The molecule has 5 heteroatoms. The van der Waals surface area contributed by atoms with E-state index in [9.17, 15) is 4.79 Å². The molecule has 24 heavy (non-hydrogen) atoms. The second-order valence-corrected chi connectivity index (χ2v) is 6.81. The third-order valence-electron chi connectivity index (χ3n) is 5.23. The maximum absolute atomic E-state index is 12.1. The molecule has 2 atom stereocenters. The van der Waals surface area contributed by atoms with Gasteiger partial charge in [-0.05, 0) is 55.7 Å². The van der Waals surface area contributed by atoms with E-state index in [-0.39, 0.29) is 18.2 Å². The van der Waals surface area contributed by atoms with Gasteiger partial charge < -0.3 is 19.1 Å². The number of ether oxygens (including phenoxy) is 3. The molecule has 1 amide bonds. The Morgan fingerprint density at radius 3 is 2.54 bits per heavy atom. The van der Waals surface area contributed by atoms with Crippen LogP contribution in [0, 0.1) is 5.92 Å². The first-order valence-electron chi connectivity index (χ1n) is 8.83. The fraction of sp³-hybridized carbons (Fsp3) is 0.632. The van der Waals surface area contributed by atoms with E-state index in [1.54, 1.807) is 7.11 Å². The Hall–Kier alpha value is -1.91. The van der Waals surface area contributed by atoms with E-state index in [1.165, 1.54) is 20.0 Å². The topological polar surface area (TPSA) is 48.0 Å². The molecule has 5 nitrogen and oxygen atoms in total. The van der Waals surface area contributed by atoms with Crippen LogP contribution < -0.4 is 9.47 Å². The number of methoxy groups -OCH3 is 2. The fourth-order valence-corrected chi connectivity index (χ4v) is 3.93. The summed E-state index contributed by atoms with van der Waals surface area (Å²) in [6.45, 7) is 2.90. The van der Waals surface area contributed by atoms with Crippen molar-refractivity contribution in [1.29, 1.82) is 0 Å². The van der Waals surface area contributed by atoms with Crippen LogP contribution in [0.15, 0.2) is 18.2 Å². The van der Waals surface area contributed by atoms with Crippen molar-refractivity contribution in [3.63, 3.8) is 0 Å². The van der Waals surface area contributed by atoms with Gasteiger partial charge in [0.2, 0.25) is 0 Å². The lowest BCUT2D eigenvalue weighted by atomic mass is 9.95. The zero-order chi connectivity index (χ0) is 17.1. The van der Waals surface area contributed by atoms with Crippen LogP contribution in [0.25, 0.3) is 0 Å². The Bertz CT molecular complexity index is 583. The van der Waals surface area contributed by atoms with E-state index in [1.807, 2.05) is 23.1 Å². The van der Waals surface area contributed by atoms with Crippen molar-refractivity contribution in [2.75, 3.05) is 20.8 Å². The van der Waals surface area contributed by atoms with Crippen molar-refractivity contribution in [3.8, 4) is 11.5 Å². The number of nitrogens with zero attached hydrogens (tertiary/aromatic N) is 1. The van der Waals surface area contributed by atoms with Crippen LogP contribution in [0.2, 0.25) is 0 Å². The van der Waals surface area contributed by atoms with E-state index >= 15 is 0 Å². The zero-order valence-electron chi connectivity index (χ0n) is 14.8. The quantitative estimate of drug-likeness (QED) is 0.830. The van der Waals surface area contributed by atoms with E-state index < -0.39 is 0 Å². The van der Waals surface area contributed by atoms with Gasteiger partial charge in [-0.15, -0.1) is 0 Å². The highest BCUT2D eigenvalue weighted by Crippen LogP contribution is 2.41. The van der Waals surface area contributed by atoms with Gasteiger partial charge in [-0.3, -0.25) is 0 Å². The smallest absolute Gasteiger partial charge is 0.410 e. The van der Waals surface area contributed by atoms with Gasteiger partial charge in [-0.1, -0.05) is 13.0 Å². The van der Waals surface area contributed by atoms with Crippen LogP contribution in [0.3, 0.4) is 0 Å². The van der Waals surface area contributed by atoms with Crippen LogP contribution in [0.5, 0.6) is 11.5 Å². The highest BCUT2D eigenvalue weighted by molar-refractivity contribution is 5.68. The van der Waals surface area contributed by atoms with Crippen molar-refractivity contribution in [2.24, 2.45) is 5.92 Å². The van der Waals surface area contributed by atoms with Gasteiger partial charge in [0, 0.05) is 6.54 Å². The molecule has 2 unspecified atom stereocenters. The summed E-state index contributed by atoms with van der Waals surface area (Å²) in [5.74, 6) is 1.92. The maximum atomic E-state index is 12.1. The largest absolute Gasteiger partial charge is 0.493 e. The molecule has 0 aromatic heterocycles. The molecule has 1 saturated carbocycles. The molecular weight excluding hydrogens is 306 g/mol. The van der Waals surface area contributed by atoms with Gasteiger partial charge >= 0.3 is 6.09 Å². The van der Waals surface area contributed by atoms with Gasteiger partial charge in [-0.25, -0.2) is 4.79 Å². The number of likely N-dealkylation sites (tertiary alicyclic amines) is 1. The van der Waals surface area contributed by atoms with Gasteiger partial charge in [0.25, 0.3) is 0 Å². The molecule has 2 aliphatic rings. The second kappa shape index (κ2) is 7.32. The molecule has 0 bridgehead atoms. The molecule has 1 heterocycles. The summed E-state index contributed by atoms with van der Waals surface area (Å²) < 4.78 is 16.6. The summed E-state index contributed by atoms with van der Waals surface area (Å²) in [6, 6.07) is 6.04. The second-order valence-electron chi connectivity index (χ2n) is 6.81. The minimum Gasteiger partial charge on any atom is -0.493 e. The number of rotatable bonds is 4. The molecule has 0 radical (unpaired) electrons. The average molecular weight is 333 g/mol. The minimum atomic E-state index is -0.265. The normalized spacial score (nSPS) is 24.2. The van der Waals surface area contributed by atoms with Crippen molar-refractivity contribution < 1.29 is 19.0 Å². The lowest BCUT2D eigenvalue weighted by Crippen LogP contribution is -2.31. The van der Waals surface area contributed by atoms with Crippen LogP contribution in [0.4, 0.5) is 4.79 Å². The molecule has 3 rings (SSSR count). The molecule has 1 aliphatic carbocycles. The minimum absolute atomic E-state index is 0.0225. The zero-order valence-corrected chi connectivity index (χ0v) is 14.8. The predicted octanol–water partition coefficient (Wildman–Crippen LogP) is 4.17. The molecule has 1 aromatic rings. The Balaban J connectivity index is 1.87. The standard InChI is InChI=1S/C19H27NO4/c1-13-10-11-20(19(21)23-3)18(13)14-8-9-16(22-2)17(12-14)24-15-6-4-5-7-15/h8-9,12-13,15,18H,4-7,10-11H2,1-3H3. The first kappa shape index (κ1) is 16.9. The van der Waals surface area contributed by atoms with Gasteiger partial charge in [0.15, 0.2) is 11.5 Å². The van der Waals surface area contributed by atoms with Crippen LogP contribution >= 0.6 is 0 Å². The summed E-state index contributed by atoms with van der Waals surface area (Å²) in [5.41, 5.74) is 1.08. The summed E-state index contributed by atoms with van der Waals surface area (Å²) in [7, 11) is 3.10. The number of amides is 1. The van der Waals surface area contributed by atoms with Crippen LogP contribution in [-0.2, 0) is 4.74 Å². The Morgan fingerprint density at radius 1 is 1.12 bits per heavy atom. The van der Waals surface area contributed by atoms with Crippen LogP contribution in [0.1, 0.15) is 50.6 Å². The van der Waals surface area contributed by atoms with E-state index in [4.69, 9.17) is 14.2 Å². The highest BCUT2D eigenvalue weighted by atomic mass is 16.5. The Kier molecular flexibility index (Phi) is 5.17. The van der Waals surface area contributed by atoms with E-state index in [2.05, 4.69) is 6.92 Å². The molecule has 2 fully saturated rings. The van der Waals surface area contributed by atoms with E-state index in [0.29, 0.717) is 5.92 Å². The molecule has 1 saturated heterocycles. The highest BCUT2D eigenvalue weighted by Gasteiger charge is 2.36. The molecule has 1 aliphatic heterocycles. The first-order valence-corrected chi connectivity index (χ1v) is 8.83. The SMILES string of the molecule is COC(=O)N1CCC(C)C1c1ccc(OC)c(OC2CCCC2)c1. The Morgan fingerprint density at radius 2 is 1.88 bits per heavy atom. The number of carbonyl (C=O) groups excluding carboxylic acids is 1. The van der Waals surface area contributed by atoms with Crippen molar-refractivity contribution >= 4 is 6.09 Å².